The number of rotatable bonds is 7. The zero-order valence-electron chi connectivity index (χ0n) is 15.6. The van der Waals surface area contributed by atoms with Crippen molar-refractivity contribution in [2.24, 2.45) is 0 Å². The molecule has 0 saturated carbocycles. The number of carbonyl (C=O) groups is 1. The molecule has 1 unspecified atom stereocenters. The van der Waals surface area contributed by atoms with Gasteiger partial charge in [0.1, 0.15) is 0 Å². The summed E-state index contributed by atoms with van der Waals surface area (Å²) in [4.78, 5) is 14.8. The lowest BCUT2D eigenvalue weighted by Gasteiger charge is -2.26. The molecule has 6 nitrogen and oxygen atoms in total. The first-order valence-electron chi connectivity index (χ1n) is 9.08. The van der Waals surface area contributed by atoms with Gasteiger partial charge in [-0.15, -0.1) is 0 Å². The van der Waals surface area contributed by atoms with Crippen LogP contribution in [0, 0.1) is 13.8 Å². The van der Waals surface area contributed by atoms with Gasteiger partial charge in [-0.25, -0.2) is 0 Å². The number of amides is 1. The topological polar surface area (TPSA) is 59.4 Å². The highest BCUT2D eigenvalue weighted by Crippen LogP contribution is 2.15. The standard InChI is InChI=1S/C18H32N4O2/c1-14-17(15(2)22(20-14)11-12-24-4)13-19-18(23)16(3)21-9-7-5-6-8-10-21/h16H,5-13H2,1-4H3,(H,19,23). The van der Waals surface area contributed by atoms with Crippen LogP contribution in [0.4, 0.5) is 0 Å². The van der Waals surface area contributed by atoms with Gasteiger partial charge in [-0.1, -0.05) is 12.8 Å². The highest BCUT2D eigenvalue weighted by atomic mass is 16.5. The molecule has 24 heavy (non-hydrogen) atoms. The lowest BCUT2D eigenvalue weighted by molar-refractivity contribution is -0.126. The Morgan fingerprint density at radius 3 is 2.54 bits per heavy atom. The van der Waals surface area contributed by atoms with Crippen LogP contribution in [0.3, 0.4) is 0 Å². The van der Waals surface area contributed by atoms with Gasteiger partial charge in [-0.2, -0.15) is 5.10 Å². The van der Waals surface area contributed by atoms with Gasteiger partial charge in [0, 0.05) is 24.9 Å². The van der Waals surface area contributed by atoms with E-state index in [0.717, 1.165) is 36.6 Å². The Kier molecular flexibility index (Phi) is 7.24. The fraction of sp³-hybridized carbons (Fsp3) is 0.778. The molecular weight excluding hydrogens is 304 g/mol. The van der Waals surface area contributed by atoms with E-state index < -0.39 is 0 Å². The molecular formula is C18H32N4O2. The fourth-order valence-corrected chi connectivity index (χ4v) is 3.36. The van der Waals surface area contributed by atoms with E-state index in [1.54, 1.807) is 7.11 Å². The Morgan fingerprint density at radius 1 is 1.25 bits per heavy atom. The summed E-state index contributed by atoms with van der Waals surface area (Å²) < 4.78 is 7.08. The van der Waals surface area contributed by atoms with Crippen molar-refractivity contribution in [1.82, 2.24) is 20.0 Å². The van der Waals surface area contributed by atoms with Crippen molar-refractivity contribution in [2.45, 2.75) is 65.6 Å². The number of hydrogen-bond donors (Lipinski definition) is 1. The van der Waals surface area contributed by atoms with Crippen LogP contribution < -0.4 is 5.32 Å². The number of hydrogen-bond acceptors (Lipinski definition) is 4. The molecule has 0 spiro atoms. The van der Waals surface area contributed by atoms with Crippen molar-refractivity contribution >= 4 is 5.91 Å². The maximum atomic E-state index is 12.5. The summed E-state index contributed by atoms with van der Waals surface area (Å²) in [5.41, 5.74) is 3.20. The van der Waals surface area contributed by atoms with Gasteiger partial charge in [0.05, 0.1) is 24.9 Å². The number of carbonyl (C=O) groups excluding carboxylic acids is 1. The van der Waals surface area contributed by atoms with Crippen LogP contribution in [-0.2, 0) is 22.6 Å². The Bertz CT molecular complexity index is 533. The van der Waals surface area contributed by atoms with E-state index in [1.165, 1.54) is 25.7 Å². The number of nitrogens with zero attached hydrogens (tertiary/aromatic N) is 3. The molecule has 1 aromatic heterocycles. The number of methoxy groups -OCH3 is 1. The van der Waals surface area contributed by atoms with Crippen molar-refractivity contribution in [3.8, 4) is 0 Å². The summed E-state index contributed by atoms with van der Waals surface area (Å²) in [5.74, 6) is 0.111. The molecule has 1 aliphatic heterocycles. The molecule has 1 aromatic rings. The minimum absolute atomic E-state index is 0.0627. The maximum Gasteiger partial charge on any atom is 0.237 e. The Hall–Kier alpha value is -1.40. The molecule has 2 rings (SSSR count). The van der Waals surface area contributed by atoms with Gasteiger partial charge in [0.15, 0.2) is 0 Å². The highest BCUT2D eigenvalue weighted by Gasteiger charge is 2.22. The van der Waals surface area contributed by atoms with Crippen LogP contribution in [0.15, 0.2) is 0 Å². The molecule has 1 atom stereocenters. The second-order valence-corrected chi connectivity index (χ2v) is 6.71. The van der Waals surface area contributed by atoms with E-state index in [2.05, 4.69) is 22.2 Å². The number of likely N-dealkylation sites (tertiary alicyclic amines) is 1. The first kappa shape index (κ1) is 18.9. The van der Waals surface area contributed by atoms with Gasteiger partial charge >= 0.3 is 0 Å². The zero-order chi connectivity index (χ0) is 17.5. The molecule has 1 aliphatic rings. The fourth-order valence-electron chi connectivity index (χ4n) is 3.36. The molecule has 0 bridgehead atoms. The summed E-state index contributed by atoms with van der Waals surface area (Å²) in [5, 5.41) is 7.65. The first-order chi connectivity index (χ1) is 11.5. The summed E-state index contributed by atoms with van der Waals surface area (Å²) >= 11 is 0. The summed E-state index contributed by atoms with van der Waals surface area (Å²) in [6.45, 7) is 10.0. The van der Waals surface area contributed by atoms with Crippen molar-refractivity contribution in [1.29, 1.82) is 0 Å². The third-order valence-electron chi connectivity index (χ3n) is 5.05. The number of aryl methyl sites for hydroxylation is 1. The van der Waals surface area contributed by atoms with Gasteiger partial charge in [-0.05, 0) is 46.7 Å². The Morgan fingerprint density at radius 2 is 1.92 bits per heavy atom. The number of aromatic nitrogens is 2. The lowest BCUT2D eigenvalue weighted by Crippen LogP contribution is -2.45. The molecule has 0 aromatic carbocycles. The second kappa shape index (κ2) is 9.18. The van der Waals surface area contributed by atoms with E-state index in [4.69, 9.17) is 4.74 Å². The predicted octanol–water partition coefficient (Wildman–Crippen LogP) is 2.03. The minimum Gasteiger partial charge on any atom is -0.383 e. The van der Waals surface area contributed by atoms with Crippen molar-refractivity contribution in [2.75, 3.05) is 26.8 Å². The van der Waals surface area contributed by atoms with Crippen LogP contribution in [0.2, 0.25) is 0 Å². The molecule has 6 heteroatoms. The number of ether oxygens (including phenoxy) is 1. The highest BCUT2D eigenvalue weighted by molar-refractivity contribution is 5.81. The number of nitrogens with one attached hydrogen (secondary N) is 1. The molecule has 1 saturated heterocycles. The Labute approximate surface area is 145 Å². The van der Waals surface area contributed by atoms with Crippen LogP contribution in [0.1, 0.15) is 49.6 Å². The Balaban J connectivity index is 1.92. The van der Waals surface area contributed by atoms with Gasteiger partial charge < -0.3 is 10.1 Å². The quantitative estimate of drug-likeness (QED) is 0.828. The molecule has 2 heterocycles. The van der Waals surface area contributed by atoms with E-state index in [-0.39, 0.29) is 11.9 Å². The average Bonchev–Trinajstić information content (AvgIpc) is 2.78. The van der Waals surface area contributed by atoms with E-state index in [1.807, 2.05) is 18.5 Å². The molecule has 136 valence electrons. The summed E-state index contributed by atoms with van der Waals surface area (Å²) in [7, 11) is 1.69. The summed E-state index contributed by atoms with van der Waals surface area (Å²) in [6.07, 6.45) is 4.96. The first-order valence-corrected chi connectivity index (χ1v) is 9.08. The van der Waals surface area contributed by atoms with E-state index in [0.29, 0.717) is 13.2 Å². The van der Waals surface area contributed by atoms with Crippen molar-refractivity contribution < 1.29 is 9.53 Å². The zero-order valence-corrected chi connectivity index (χ0v) is 15.6. The van der Waals surface area contributed by atoms with E-state index in [9.17, 15) is 4.79 Å². The van der Waals surface area contributed by atoms with Gasteiger partial charge in [0.2, 0.25) is 5.91 Å². The monoisotopic (exact) mass is 336 g/mol. The van der Waals surface area contributed by atoms with E-state index >= 15 is 0 Å². The molecule has 1 N–H and O–H groups in total. The van der Waals surface area contributed by atoms with Gasteiger partial charge in [0.25, 0.3) is 0 Å². The molecule has 0 aliphatic carbocycles. The largest absolute Gasteiger partial charge is 0.383 e. The smallest absolute Gasteiger partial charge is 0.237 e. The third-order valence-corrected chi connectivity index (χ3v) is 5.05. The van der Waals surface area contributed by atoms with Crippen LogP contribution in [-0.4, -0.2) is 53.4 Å². The second-order valence-electron chi connectivity index (χ2n) is 6.71. The average molecular weight is 336 g/mol. The van der Waals surface area contributed by atoms with Crippen LogP contribution >= 0.6 is 0 Å². The minimum atomic E-state index is -0.0627. The SMILES string of the molecule is COCCn1nc(C)c(CNC(=O)C(C)N2CCCCCC2)c1C. The van der Waals surface area contributed by atoms with Crippen molar-refractivity contribution in [3.05, 3.63) is 17.0 Å². The predicted molar refractivity (Wildman–Crippen MR) is 94.9 cm³/mol. The molecule has 0 radical (unpaired) electrons. The lowest BCUT2D eigenvalue weighted by atomic mass is 10.2. The van der Waals surface area contributed by atoms with Crippen molar-refractivity contribution in [3.63, 3.8) is 0 Å². The normalized spacial score (nSPS) is 17.5. The molecule has 1 amide bonds. The van der Waals surface area contributed by atoms with Crippen LogP contribution in [0.25, 0.3) is 0 Å². The van der Waals surface area contributed by atoms with Crippen LogP contribution in [0.5, 0.6) is 0 Å². The summed E-state index contributed by atoms with van der Waals surface area (Å²) in [6, 6.07) is -0.0627. The maximum absolute atomic E-state index is 12.5. The third kappa shape index (κ3) is 4.80. The van der Waals surface area contributed by atoms with Gasteiger partial charge in [-0.3, -0.25) is 14.4 Å². The molecule has 1 fully saturated rings.